The lowest BCUT2D eigenvalue weighted by Crippen LogP contribution is -2.52. The van der Waals surface area contributed by atoms with E-state index in [-0.39, 0.29) is 5.54 Å². The lowest BCUT2D eigenvalue weighted by molar-refractivity contribution is -0.125. The fraction of sp³-hybridized carbons (Fsp3) is 0.562. The summed E-state index contributed by atoms with van der Waals surface area (Å²) in [6, 6.07) is 8.42. The number of benzene rings is 1. The van der Waals surface area contributed by atoms with Crippen molar-refractivity contribution in [1.82, 2.24) is 5.32 Å². The molecular formula is C16H23NO. The van der Waals surface area contributed by atoms with E-state index in [1.54, 1.807) is 0 Å². The SMILES string of the molecule is CCc1ccc(CC(=O)C2(C)CCCCN2)cc1. The first-order valence-electron chi connectivity index (χ1n) is 7.00. The molecule has 1 unspecified atom stereocenters. The van der Waals surface area contributed by atoms with E-state index >= 15 is 0 Å². The third-order valence-electron chi connectivity index (χ3n) is 4.03. The molecule has 18 heavy (non-hydrogen) atoms. The third-order valence-corrected chi connectivity index (χ3v) is 4.03. The minimum Gasteiger partial charge on any atom is -0.305 e. The van der Waals surface area contributed by atoms with Crippen molar-refractivity contribution in [3.63, 3.8) is 0 Å². The highest BCUT2D eigenvalue weighted by Crippen LogP contribution is 2.21. The molecule has 1 aliphatic heterocycles. The standard InChI is InChI=1S/C16H23NO/c1-3-13-6-8-14(9-7-13)12-15(18)16(2)10-4-5-11-17-16/h6-9,17H,3-5,10-12H2,1-2H3. The van der Waals surface area contributed by atoms with Crippen LogP contribution in [0.2, 0.25) is 0 Å². The number of carbonyl (C=O) groups is 1. The topological polar surface area (TPSA) is 29.1 Å². The van der Waals surface area contributed by atoms with Gasteiger partial charge < -0.3 is 5.32 Å². The molecule has 0 aliphatic carbocycles. The van der Waals surface area contributed by atoms with Crippen LogP contribution in [-0.4, -0.2) is 17.9 Å². The van der Waals surface area contributed by atoms with E-state index in [0.717, 1.165) is 31.4 Å². The van der Waals surface area contributed by atoms with Crippen LogP contribution in [0.15, 0.2) is 24.3 Å². The molecule has 1 atom stereocenters. The summed E-state index contributed by atoms with van der Waals surface area (Å²) < 4.78 is 0. The molecule has 2 nitrogen and oxygen atoms in total. The summed E-state index contributed by atoms with van der Waals surface area (Å²) in [5, 5.41) is 3.39. The molecule has 0 saturated carbocycles. The van der Waals surface area contributed by atoms with Crippen LogP contribution in [0.4, 0.5) is 0 Å². The van der Waals surface area contributed by atoms with Gasteiger partial charge in [-0.3, -0.25) is 4.79 Å². The van der Waals surface area contributed by atoms with E-state index in [0.29, 0.717) is 12.2 Å². The van der Waals surface area contributed by atoms with E-state index in [2.05, 4.69) is 43.4 Å². The lowest BCUT2D eigenvalue weighted by Gasteiger charge is -2.33. The number of piperidine rings is 1. The van der Waals surface area contributed by atoms with Gasteiger partial charge in [-0.2, -0.15) is 0 Å². The predicted octanol–water partition coefficient (Wildman–Crippen LogP) is 2.89. The first-order chi connectivity index (χ1) is 8.64. The Bertz CT molecular complexity index is 402. The van der Waals surface area contributed by atoms with Crippen molar-refractivity contribution in [3.8, 4) is 0 Å². The monoisotopic (exact) mass is 245 g/mol. The van der Waals surface area contributed by atoms with Gasteiger partial charge in [-0.1, -0.05) is 31.2 Å². The Kier molecular flexibility index (Phi) is 4.18. The molecule has 98 valence electrons. The van der Waals surface area contributed by atoms with E-state index in [1.165, 1.54) is 12.0 Å². The maximum absolute atomic E-state index is 12.4. The van der Waals surface area contributed by atoms with Crippen molar-refractivity contribution >= 4 is 5.78 Å². The summed E-state index contributed by atoms with van der Waals surface area (Å²) in [5.74, 6) is 0.325. The van der Waals surface area contributed by atoms with E-state index in [9.17, 15) is 4.79 Å². The fourth-order valence-corrected chi connectivity index (χ4v) is 2.57. The summed E-state index contributed by atoms with van der Waals surface area (Å²) in [6.45, 7) is 5.17. The molecule has 2 heteroatoms. The number of aryl methyl sites for hydroxylation is 1. The van der Waals surface area contributed by atoms with Crippen LogP contribution in [0.25, 0.3) is 0 Å². The van der Waals surface area contributed by atoms with Gasteiger partial charge in [0.1, 0.15) is 0 Å². The van der Waals surface area contributed by atoms with Gasteiger partial charge in [0, 0.05) is 6.42 Å². The van der Waals surface area contributed by atoms with Gasteiger partial charge in [-0.05, 0) is 50.3 Å². The fourth-order valence-electron chi connectivity index (χ4n) is 2.57. The van der Waals surface area contributed by atoms with Crippen molar-refractivity contribution in [2.45, 2.75) is 51.5 Å². The minimum absolute atomic E-state index is 0.304. The summed E-state index contributed by atoms with van der Waals surface area (Å²) >= 11 is 0. The molecule has 1 aliphatic rings. The molecule has 1 aromatic carbocycles. The molecule has 0 aromatic heterocycles. The number of ketones is 1. The molecule has 1 fully saturated rings. The van der Waals surface area contributed by atoms with Gasteiger partial charge >= 0.3 is 0 Å². The van der Waals surface area contributed by atoms with E-state index in [1.807, 2.05) is 0 Å². The van der Waals surface area contributed by atoms with Crippen LogP contribution >= 0.6 is 0 Å². The smallest absolute Gasteiger partial charge is 0.156 e. The Balaban J connectivity index is 2.01. The average molecular weight is 245 g/mol. The first kappa shape index (κ1) is 13.3. The first-order valence-corrected chi connectivity index (χ1v) is 7.00. The number of nitrogens with one attached hydrogen (secondary N) is 1. The van der Waals surface area contributed by atoms with Crippen molar-refractivity contribution in [1.29, 1.82) is 0 Å². The van der Waals surface area contributed by atoms with Crippen molar-refractivity contribution in [3.05, 3.63) is 35.4 Å². The van der Waals surface area contributed by atoms with Crippen LogP contribution in [0.1, 0.15) is 44.2 Å². The van der Waals surface area contributed by atoms with Crippen LogP contribution < -0.4 is 5.32 Å². The van der Waals surface area contributed by atoms with Gasteiger partial charge in [0.2, 0.25) is 0 Å². The van der Waals surface area contributed by atoms with Gasteiger partial charge in [0.05, 0.1) is 5.54 Å². The number of carbonyl (C=O) groups excluding carboxylic acids is 1. The average Bonchev–Trinajstić information content (AvgIpc) is 2.40. The largest absolute Gasteiger partial charge is 0.305 e. The summed E-state index contributed by atoms with van der Waals surface area (Å²) in [6.07, 6.45) is 4.91. The van der Waals surface area contributed by atoms with Crippen LogP contribution in [0.3, 0.4) is 0 Å². The Hall–Kier alpha value is -1.15. The molecule has 0 amide bonds. The molecule has 1 heterocycles. The lowest BCUT2D eigenvalue weighted by atomic mass is 9.84. The van der Waals surface area contributed by atoms with Crippen LogP contribution in [0, 0.1) is 0 Å². The third kappa shape index (κ3) is 2.99. The van der Waals surface area contributed by atoms with Gasteiger partial charge in [0.15, 0.2) is 5.78 Å². The Morgan fingerprint density at radius 3 is 2.44 bits per heavy atom. The second-order valence-corrected chi connectivity index (χ2v) is 5.49. The van der Waals surface area contributed by atoms with Gasteiger partial charge in [-0.15, -0.1) is 0 Å². The van der Waals surface area contributed by atoms with E-state index in [4.69, 9.17) is 0 Å². The summed E-state index contributed by atoms with van der Waals surface area (Å²) in [7, 11) is 0. The maximum Gasteiger partial charge on any atom is 0.156 e. The number of rotatable bonds is 4. The number of hydrogen-bond acceptors (Lipinski definition) is 2. The highest BCUT2D eigenvalue weighted by Gasteiger charge is 2.33. The highest BCUT2D eigenvalue weighted by molar-refractivity contribution is 5.89. The van der Waals surface area contributed by atoms with Gasteiger partial charge in [-0.25, -0.2) is 0 Å². The van der Waals surface area contributed by atoms with Crippen LogP contribution in [0.5, 0.6) is 0 Å². The second kappa shape index (κ2) is 5.66. The highest BCUT2D eigenvalue weighted by atomic mass is 16.1. The minimum atomic E-state index is -0.304. The molecule has 0 spiro atoms. The van der Waals surface area contributed by atoms with Crippen LogP contribution in [-0.2, 0) is 17.6 Å². The van der Waals surface area contributed by atoms with Crippen molar-refractivity contribution in [2.75, 3.05) is 6.54 Å². The molecule has 1 saturated heterocycles. The molecule has 0 bridgehead atoms. The quantitative estimate of drug-likeness (QED) is 0.883. The summed E-state index contributed by atoms with van der Waals surface area (Å²) in [5.41, 5.74) is 2.15. The number of hydrogen-bond donors (Lipinski definition) is 1. The zero-order chi connectivity index (χ0) is 13.0. The maximum atomic E-state index is 12.4. The normalized spacial score (nSPS) is 23.9. The zero-order valence-corrected chi connectivity index (χ0v) is 11.5. The Labute approximate surface area is 110 Å². The Morgan fingerprint density at radius 1 is 1.22 bits per heavy atom. The molecule has 2 rings (SSSR count). The summed E-state index contributed by atoms with van der Waals surface area (Å²) in [4.78, 5) is 12.4. The van der Waals surface area contributed by atoms with Crippen molar-refractivity contribution < 1.29 is 4.79 Å². The molecule has 1 N–H and O–H groups in total. The molecule has 0 radical (unpaired) electrons. The Morgan fingerprint density at radius 2 is 1.89 bits per heavy atom. The van der Waals surface area contributed by atoms with E-state index < -0.39 is 0 Å². The predicted molar refractivity (Wildman–Crippen MR) is 74.8 cm³/mol. The van der Waals surface area contributed by atoms with Gasteiger partial charge in [0.25, 0.3) is 0 Å². The van der Waals surface area contributed by atoms with Crippen molar-refractivity contribution in [2.24, 2.45) is 0 Å². The number of Topliss-reactive ketones (excluding diaryl/α,β-unsaturated/α-hetero) is 1. The molecule has 1 aromatic rings. The zero-order valence-electron chi connectivity index (χ0n) is 11.5. The molecular weight excluding hydrogens is 222 g/mol. The second-order valence-electron chi connectivity index (χ2n) is 5.49.